The summed E-state index contributed by atoms with van der Waals surface area (Å²) in [6.07, 6.45) is 33.2. The Kier molecular flexibility index (Phi) is 40.7. The molecule has 0 aromatic heterocycles. The second-order valence-electron chi connectivity index (χ2n) is 16.8. The van der Waals surface area contributed by atoms with Crippen LogP contribution in [0, 0.1) is 11.8 Å². The molecular formula is C51H91NO6. The average Bonchev–Trinajstić information content (AvgIpc) is 3.21. The molecule has 58 heavy (non-hydrogen) atoms. The minimum atomic E-state index is -0.0889. The molecule has 0 amide bonds. The first-order chi connectivity index (χ1) is 28.3. The van der Waals surface area contributed by atoms with Gasteiger partial charge in [-0.15, -0.1) is 0 Å². The molecule has 0 saturated heterocycles. The van der Waals surface area contributed by atoms with Gasteiger partial charge in [0.1, 0.15) is 6.10 Å². The zero-order valence-corrected chi connectivity index (χ0v) is 38.7. The first-order valence-corrected chi connectivity index (χ1v) is 24.4. The number of unbranched alkanes of at least 4 members (excludes halogenated alkanes) is 16. The molecule has 0 heterocycles. The molecule has 0 N–H and O–H groups in total. The van der Waals surface area contributed by atoms with E-state index in [1.807, 2.05) is 6.08 Å². The number of carbonyl (C=O) groups excluding carboxylic acids is 3. The van der Waals surface area contributed by atoms with Gasteiger partial charge in [-0.05, 0) is 114 Å². The van der Waals surface area contributed by atoms with Gasteiger partial charge < -0.3 is 19.1 Å². The Morgan fingerprint density at radius 1 is 0.552 bits per heavy atom. The Bertz CT molecular complexity index is 1100. The Morgan fingerprint density at radius 3 is 1.53 bits per heavy atom. The van der Waals surface area contributed by atoms with Crippen molar-refractivity contribution >= 4 is 17.9 Å². The minimum absolute atomic E-state index is 0.0143. The van der Waals surface area contributed by atoms with E-state index in [1.165, 1.54) is 70.6 Å². The van der Waals surface area contributed by atoms with Crippen molar-refractivity contribution in [2.75, 3.05) is 32.8 Å². The first-order valence-electron chi connectivity index (χ1n) is 24.4. The largest absolute Gasteiger partial charge is 0.466 e. The van der Waals surface area contributed by atoms with E-state index >= 15 is 0 Å². The molecule has 0 saturated carbocycles. The standard InChI is InChI=1S/C51H91NO6/c1-7-12-25-33-46(6)41-44-56-49(53)38-30-23-19-15-17-21-28-36-48(58-51(55)40-32-43-52(10-4)11-5)37-29-22-18-16-20-24-31-39-50(54)57-45-42-47(34-26-13-8-2)35-27-14-9-3/h34,46-48H,2,7,9-12,14-25,27-33,35-45H2,1,3-6H3. The zero-order valence-electron chi connectivity index (χ0n) is 38.7. The number of hydrogen-bond acceptors (Lipinski definition) is 7. The van der Waals surface area contributed by atoms with Gasteiger partial charge in [-0.25, -0.2) is 0 Å². The molecule has 0 aromatic rings. The summed E-state index contributed by atoms with van der Waals surface area (Å²) in [5.74, 6) is 0.795. The second-order valence-corrected chi connectivity index (χ2v) is 16.8. The number of esters is 3. The summed E-state index contributed by atoms with van der Waals surface area (Å²) in [5, 5.41) is 0. The highest BCUT2D eigenvalue weighted by Gasteiger charge is 2.15. The number of allylic oxidation sites excluding steroid dienone is 1. The van der Waals surface area contributed by atoms with Crippen LogP contribution in [0.15, 0.2) is 29.8 Å². The molecule has 0 aliphatic heterocycles. The topological polar surface area (TPSA) is 82.1 Å². The fourth-order valence-corrected chi connectivity index (χ4v) is 7.45. The highest BCUT2D eigenvalue weighted by molar-refractivity contribution is 5.70. The fourth-order valence-electron chi connectivity index (χ4n) is 7.45. The third-order valence-electron chi connectivity index (χ3n) is 11.4. The molecule has 0 aliphatic carbocycles. The molecule has 0 fully saturated rings. The predicted octanol–water partition coefficient (Wildman–Crippen LogP) is 14.0. The lowest BCUT2D eigenvalue weighted by molar-refractivity contribution is -0.150. The summed E-state index contributed by atoms with van der Waals surface area (Å²) in [6, 6.07) is 0. The van der Waals surface area contributed by atoms with Gasteiger partial charge in [-0.2, -0.15) is 0 Å². The normalized spacial score (nSPS) is 12.6. The fraction of sp³-hybridized carbons (Fsp3) is 0.843. The lowest BCUT2D eigenvalue weighted by Gasteiger charge is -2.20. The third-order valence-corrected chi connectivity index (χ3v) is 11.4. The lowest BCUT2D eigenvalue weighted by atomic mass is 9.98. The van der Waals surface area contributed by atoms with Crippen LogP contribution in [0.3, 0.4) is 0 Å². The number of rotatable bonds is 42. The minimum Gasteiger partial charge on any atom is -0.466 e. The van der Waals surface area contributed by atoms with Crippen molar-refractivity contribution in [1.29, 1.82) is 0 Å². The van der Waals surface area contributed by atoms with E-state index < -0.39 is 0 Å². The van der Waals surface area contributed by atoms with Gasteiger partial charge in [0.05, 0.1) is 13.2 Å². The Morgan fingerprint density at radius 2 is 1.02 bits per heavy atom. The Labute approximate surface area is 358 Å². The van der Waals surface area contributed by atoms with Gasteiger partial charge in [0.15, 0.2) is 0 Å². The molecule has 336 valence electrons. The van der Waals surface area contributed by atoms with Crippen LogP contribution in [-0.2, 0) is 28.6 Å². The number of hydrogen-bond donors (Lipinski definition) is 0. The molecule has 3 unspecified atom stereocenters. The molecule has 0 radical (unpaired) electrons. The molecule has 0 bridgehead atoms. The molecule has 7 nitrogen and oxygen atoms in total. The molecule has 0 aliphatic rings. The SMILES string of the molecule is C=C=C=C=CC(CCCCC)CCOC(=O)CCCCCCCCCC(CCCCCCCCCC(=O)OCCC(C)CCCCC)OC(=O)CCCN(CC)CC. The number of nitrogens with zero attached hydrogens (tertiary/aromatic N) is 1. The van der Waals surface area contributed by atoms with E-state index in [0.717, 1.165) is 122 Å². The average molecular weight is 814 g/mol. The summed E-state index contributed by atoms with van der Waals surface area (Å²) in [7, 11) is 0. The van der Waals surface area contributed by atoms with Crippen LogP contribution in [0.4, 0.5) is 0 Å². The molecule has 3 atom stereocenters. The Hall–Kier alpha value is -2.55. The molecular weight excluding hydrogens is 723 g/mol. The summed E-state index contributed by atoms with van der Waals surface area (Å²) in [6.45, 7) is 18.5. The van der Waals surface area contributed by atoms with Crippen LogP contribution >= 0.6 is 0 Å². The lowest BCUT2D eigenvalue weighted by Crippen LogP contribution is -2.25. The first kappa shape index (κ1) is 55.5. The van der Waals surface area contributed by atoms with Crippen molar-refractivity contribution in [1.82, 2.24) is 4.90 Å². The summed E-state index contributed by atoms with van der Waals surface area (Å²) < 4.78 is 17.1. The quantitative estimate of drug-likeness (QED) is 0.0263. The van der Waals surface area contributed by atoms with Crippen molar-refractivity contribution in [3.8, 4) is 0 Å². The summed E-state index contributed by atoms with van der Waals surface area (Å²) in [4.78, 5) is 39.5. The van der Waals surface area contributed by atoms with E-state index in [9.17, 15) is 14.4 Å². The molecule has 7 heteroatoms. The smallest absolute Gasteiger partial charge is 0.306 e. The second kappa shape index (κ2) is 42.6. The summed E-state index contributed by atoms with van der Waals surface area (Å²) >= 11 is 0. The van der Waals surface area contributed by atoms with Crippen LogP contribution in [0.2, 0.25) is 0 Å². The van der Waals surface area contributed by atoms with Crippen LogP contribution in [0.5, 0.6) is 0 Å². The van der Waals surface area contributed by atoms with Crippen molar-refractivity contribution in [3.63, 3.8) is 0 Å². The van der Waals surface area contributed by atoms with Crippen molar-refractivity contribution < 1.29 is 28.6 Å². The highest BCUT2D eigenvalue weighted by atomic mass is 16.5. The van der Waals surface area contributed by atoms with Gasteiger partial charge in [-0.1, -0.05) is 155 Å². The molecule has 0 aromatic carbocycles. The van der Waals surface area contributed by atoms with Crippen LogP contribution in [0.25, 0.3) is 0 Å². The maximum Gasteiger partial charge on any atom is 0.306 e. The van der Waals surface area contributed by atoms with Gasteiger partial charge in [0.25, 0.3) is 0 Å². The van der Waals surface area contributed by atoms with E-state index in [2.05, 4.69) is 63.3 Å². The number of ether oxygens (including phenoxy) is 3. The third kappa shape index (κ3) is 37.7. The van der Waals surface area contributed by atoms with Crippen molar-refractivity contribution in [3.05, 3.63) is 29.8 Å². The van der Waals surface area contributed by atoms with E-state index in [0.29, 0.717) is 44.3 Å². The van der Waals surface area contributed by atoms with Crippen LogP contribution in [-0.4, -0.2) is 61.8 Å². The van der Waals surface area contributed by atoms with E-state index in [-0.39, 0.29) is 24.0 Å². The highest BCUT2D eigenvalue weighted by Crippen LogP contribution is 2.20. The maximum absolute atomic E-state index is 12.8. The van der Waals surface area contributed by atoms with Crippen LogP contribution in [0.1, 0.15) is 227 Å². The summed E-state index contributed by atoms with van der Waals surface area (Å²) in [5.41, 5.74) is 8.38. The van der Waals surface area contributed by atoms with Gasteiger partial charge in [0, 0.05) is 19.3 Å². The zero-order chi connectivity index (χ0) is 42.7. The predicted molar refractivity (Wildman–Crippen MR) is 243 cm³/mol. The van der Waals surface area contributed by atoms with E-state index in [4.69, 9.17) is 14.2 Å². The van der Waals surface area contributed by atoms with Gasteiger partial charge in [0.2, 0.25) is 0 Å². The van der Waals surface area contributed by atoms with Crippen molar-refractivity contribution in [2.45, 2.75) is 233 Å². The molecule has 0 rings (SSSR count). The maximum atomic E-state index is 12.8. The van der Waals surface area contributed by atoms with E-state index in [1.54, 1.807) is 0 Å². The van der Waals surface area contributed by atoms with Crippen molar-refractivity contribution in [2.24, 2.45) is 11.8 Å². The van der Waals surface area contributed by atoms with Crippen LogP contribution < -0.4 is 0 Å². The Balaban J connectivity index is 4.30. The molecule has 0 spiro atoms. The van der Waals surface area contributed by atoms with Gasteiger partial charge in [-0.3, -0.25) is 14.4 Å². The monoisotopic (exact) mass is 814 g/mol. The van der Waals surface area contributed by atoms with Gasteiger partial charge >= 0.3 is 17.9 Å². The number of carbonyl (C=O) groups is 3.